The fraction of sp³-hybridized carbons (Fsp3) is 0.316. The SMILES string of the molecule is Cc1cc2c(s1)Nc1ccccc1N=C2N1CCN(C)CC1.O=C([O-])C(=O)[O-]. The zero-order chi connectivity index (χ0) is 20.3. The van der Waals surface area contributed by atoms with Gasteiger partial charge in [-0.05, 0) is 32.2 Å². The van der Waals surface area contributed by atoms with Crippen molar-refractivity contribution in [2.75, 3.05) is 38.5 Å². The van der Waals surface area contributed by atoms with Crippen LogP contribution in [0.1, 0.15) is 10.4 Å². The number of thiophene rings is 1. The van der Waals surface area contributed by atoms with E-state index in [2.05, 4.69) is 59.4 Å². The fourth-order valence-corrected chi connectivity index (χ4v) is 3.93. The second-order valence-electron chi connectivity index (χ2n) is 6.54. The van der Waals surface area contributed by atoms with Gasteiger partial charge in [-0.15, -0.1) is 11.3 Å². The number of piperazine rings is 1. The van der Waals surface area contributed by atoms with Crippen LogP contribution in [0.3, 0.4) is 0 Å². The summed E-state index contributed by atoms with van der Waals surface area (Å²) < 4.78 is 0. The van der Waals surface area contributed by atoms with Gasteiger partial charge in [0.05, 0.1) is 28.9 Å². The standard InChI is InChI=1S/C17H20N4S.C2H2O4/c1-12-11-13-16(21-9-7-20(2)8-10-21)18-14-5-3-4-6-15(14)19-17(13)22-12;3-1(4)2(5)6/h3-6,11,19H,7-10H2,1-2H3;(H,3,4)(H,5,6)/p-2. The van der Waals surface area contributed by atoms with Gasteiger partial charge in [0.2, 0.25) is 0 Å². The Labute approximate surface area is 166 Å². The molecule has 0 aliphatic carbocycles. The summed E-state index contributed by atoms with van der Waals surface area (Å²) in [6.45, 7) is 6.41. The van der Waals surface area contributed by atoms with Gasteiger partial charge in [0, 0.05) is 31.1 Å². The maximum atomic E-state index is 8.93. The number of aryl methyl sites for hydroxylation is 1. The van der Waals surface area contributed by atoms with Crippen molar-refractivity contribution in [3.63, 3.8) is 0 Å². The van der Waals surface area contributed by atoms with E-state index < -0.39 is 11.9 Å². The second-order valence-corrected chi connectivity index (χ2v) is 7.80. The zero-order valence-electron chi connectivity index (χ0n) is 15.6. The van der Waals surface area contributed by atoms with Crippen LogP contribution in [0.2, 0.25) is 0 Å². The lowest BCUT2D eigenvalue weighted by Gasteiger charge is -2.34. The van der Waals surface area contributed by atoms with E-state index in [-0.39, 0.29) is 0 Å². The van der Waals surface area contributed by atoms with Gasteiger partial charge < -0.3 is 34.9 Å². The number of nitrogens with zero attached hydrogens (tertiary/aromatic N) is 3. The van der Waals surface area contributed by atoms with E-state index in [9.17, 15) is 0 Å². The number of hydrogen-bond donors (Lipinski definition) is 1. The summed E-state index contributed by atoms with van der Waals surface area (Å²) in [7, 11) is 2.18. The van der Waals surface area contributed by atoms with E-state index in [1.165, 1.54) is 15.4 Å². The molecule has 0 saturated carbocycles. The van der Waals surface area contributed by atoms with Crippen molar-refractivity contribution >= 4 is 45.5 Å². The molecule has 28 heavy (non-hydrogen) atoms. The van der Waals surface area contributed by atoms with Crippen molar-refractivity contribution in [2.24, 2.45) is 4.99 Å². The average Bonchev–Trinajstić information content (AvgIpc) is 2.95. The molecule has 1 N–H and O–H groups in total. The van der Waals surface area contributed by atoms with Crippen LogP contribution in [0.5, 0.6) is 0 Å². The number of likely N-dealkylation sites (N-methyl/N-ethyl adjacent to an activating group) is 1. The normalized spacial score (nSPS) is 15.8. The molecular weight excluding hydrogens is 380 g/mol. The molecule has 148 valence electrons. The van der Waals surface area contributed by atoms with E-state index in [0.717, 1.165) is 43.4 Å². The number of benzene rings is 1. The summed E-state index contributed by atoms with van der Waals surface area (Å²) in [6, 6.07) is 10.6. The van der Waals surface area contributed by atoms with Gasteiger partial charge in [0.15, 0.2) is 0 Å². The minimum atomic E-state index is -2.19. The summed E-state index contributed by atoms with van der Waals surface area (Å²) in [4.78, 5) is 29.0. The number of carboxylic acids is 2. The number of para-hydroxylation sites is 2. The predicted octanol–water partition coefficient (Wildman–Crippen LogP) is -0.0746. The Morgan fingerprint density at radius 1 is 1.11 bits per heavy atom. The Bertz CT molecular complexity index is 904. The highest BCUT2D eigenvalue weighted by atomic mass is 32.1. The number of hydrogen-bond acceptors (Lipinski definition) is 9. The molecular formula is C19H20N4O4S-2. The molecule has 2 aliphatic rings. The maximum Gasteiger partial charge on any atom is 0.139 e. The molecule has 1 fully saturated rings. The smallest absolute Gasteiger partial charge is 0.139 e. The zero-order valence-corrected chi connectivity index (χ0v) is 16.4. The number of nitrogens with one attached hydrogen (secondary N) is 1. The predicted molar refractivity (Wildman–Crippen MR) is 104 cm³/mol. The number of aliphatic carboxylic acids is 2. The summed E-state index contributed by atoms with van der Waals surface area (Å²) in [6.07, 6.45) is 0. The molecule has 4 rings (SSSR count). The van der Waals surface area contributed by atoms with Gasteiger partial charge in [-0.25, -0.2) is 4.99 Å². The minimum absolute atomic E-state index is 1.03. The highest BCUT2D eigenvalue weighted by molar-refractivity contribution is 7.16. The first-order valence-electron chi connectivity index (χ1n) is 8.76. The third kappa shape index (κ3) is 4.49. The Kier molecular flexibility index (Phi) is 5.96. The van der Waals surface area contributed by atoms with Crippen LogP contribution < -0.4 is 15.5 Å². The molecule has 0 unspecified atom stereocenters. The van der Waals surface area contributed by atoms with Crippen LogP contribution in [0.4, 0.5) is 16.4 Å². The van der Waals surface area contributed by atoms with Crippen LogP contribution in [0, 0.1) is 6.92 Å². The van der Waals surface area contributed by atoms with Gasteiger partial charge in [0.1, 0.15) is 10.8 Å². The van der Waals surface area contributed by atoms with Gasteiger partial charge in [0.25, 0.3) is 0 Å². The molecule has 2 aliphatic heterocycles. The van der Waals surface area contributed by atoms with Crippen molar-refractivity contribution in [1.29, 1.82) is 0 Å². The third-order valence-corrected chi connectivity index (χ3v) is 5.41. The van der Waals surface area contributed by atoms with Crippen molar-refractivity contribution in [3.8, 4) is 0 Å². The maximum absolute atomic E-state index is 8.93. The highest BCUT2D eigenvalue weighted by Crippen LogP contribution is 2.39. The van der Waals surface area contributed by atoms with Gasteiger partial charge >= 0.3 is 0 Å². The molecule has 1 aromatic heterocycles. The van der Waals surface area contributed by atoms with Crippen LogP contribution in [-0.2, 0) is 9.59 Å². The molecule has 1 saturated heterocycles. The van der Waals surface area contributed by atoms with Gasteiger partial charge in [-0.3, -0.25) is 0 Å². The van der Waals surface area contributed by atoms with Crippen molar-refractivity contribution in [2.45, 2.75) is 6.92 Å². The number of carbonyl (C=O) groups excluding carboxylic acids is 2. The van der Waals surface area contributed by atoms with Gasteiger partial charge in [-0.2, -0.15) is 0 Å². The lowest BCUT2D eigenvalue weighted by molar-refractivity contribution is -0.345. The molecule has 3 heterocycles. The number of amidine groups is 1. The van der Waals surface area contributed by atoms with Crippen LogP contribution in [0.15, 0.2) is 35.3 Å². The molecule has 0 radical (unpaired) electrons. The number of aliphatic imine (C=N–C) groups is 1. The number of carbonyl (C=O) groups is 2. The quantitative estimate of drug-likeness (QED) is 0.616. The average molecular weight is 400 g/mol. The number of anilines is 2. The molecule has 0 spiro atoms. The first-order chi connectivity index (χ1) is 13.3. The van der Waals surface area contributed by atoms with Crippen LogP contribution in [-0.4, -0.2) is 60.8 Å². The van der Waals surface area contributed by atoms with Crippen molar-refractivity contribution < 1.29 is 19.8 Å². The monoisotopic (exact) mass is 400 g/mol. The molecule has 8 nitrogen and oxygen atoms in total. The van der Waals surface area contributed by atoms with E-state index >= 15 is 0 Å². The Morgan fingerprint density at radius 3 is 2.39 bits per heavy atom. The number of rotatable bonds is 0. The molecule has 9 heteroatoms. The molecule has 1 aromatic carbocycles. The third-order valence-electron chi connectivity index (χ3n) is 4.44. The van der Waals surface area contributed by atoms with Crippen LogP contribution in [0.25, 0.3) is 0 Å². The molecule has 0 amide bonds. The lowest BCUT2D eigenvalue weighted by atomic mass is 10.2. The fourth-order valence-electron chi connectivity index (χ4n) is 3.01. The topological polar surface area (TPSA) is 111 Å². The summed E-state index contributed by atoms with van der Waals surface area (Å²) >= 11 is 1.81. The van der Waals surface area contributed by atoms with Crippen LogP contribution >= 0.6 is 11.3 Å². The van der Waals surface area contributed by atoms with E-state index in [1.807, 2.05) is 0 Å². The van der Waals surface area contributed by atoms with E-state index in [1.54, 1.807) is 11.3 Å². The Morgan fingerprint density at radius 2 is 1.75 bits per heavy atom. The molecule has 0 bridgehead atoms. The second kappa shape index (κ2) is 8.41. The minimum Gasteiger partial charge on any atom is -0.543 e. The van der Waals surface area contributed by atoms with E-state index in [4.69, 9.17) is 24.8 Å². The van der Waals surface area contributed by atoms with E-state index in [0.29, 0.717) is 0 Å². The van der Waals surface area contributed by atoms with Gasteiger partial charge in [-0.1, -0.05) is 12.1 Å². The molecule has 2 aromatic rings. The number of fused-ring (bicyclic) bond motifs is 2. The molecule has 0 atom stereocenters. The first kappa shape index (κ1) is 19.8. The Balaban J connectivity index is 0.000000330. The first-order valence-corrected chi connectivity index (χ1v) is 9.58. The Hall–Kier alpha value is -2.91. The van der Waals surface area contributed by atoms with Crippen molar-refractivity contribution in [3.05, 3.63) is 40.8 Å². The summed E-state index contributed by atoms with van der Waals surface area (Å²) in [5.74, 6) is -3.25. The summed E-state index contributed by atoms with van der Waals surface area (Å²) in [5.41, 5.74) is 3.36. The lowest BCUT2D eigenvalue weighted by Crippen LogP contribution is -2.47. The summed E-state index contributed by atoms with van der Waals surface area (Å²) in [5, 5.41) is 22.6. The highest BCUT2D eigenvalue weighted by Gasteiger charge is 2.25. The largest absolute Gasteiger partial charge is 0.543 e. The van der Waals surface area contributed by atoms with Crippen molar-refractivity contribution in [1.82, 2.24) is 9.80 Å². The number of carboxylic acid groups (broad SMARTS) is 2.